The lowest BCUT2D eigenvalue weighted by Crippen LogP contribution is -2.52. The van der Waals surface area contributed by atoms with E-state index in [1.807, 2.05) is 44.2 Å². The second-order valence-corrected chi connectivity index (χ2v) is 12.1. The predicted molar refractivity (Wildman–Crippen MR) is 143 cm³/mol. The third kappa shape index (κ3) is 7.07. The number of nitrogens with zero attached hydrogens (tertiary/aromatic N) is 2. The first-order chi connectivity index (χ1) is 16.5. The molecule has 1 aliphatic rings. The highest BCUT2D eigenvalue weighted by Crippen LogP contribution is 2.26. The van der Waals surface area contributed by atoms with E-state index in [2.05, 4.69) is 21.2 Å². The van der Waals surface area contributed by atoms with E-state index in [0.717, 1.165) is 57.4 Å². The van der Waals surface area contributed by atoms with Crippen LogP contribution in [0, 0.1) is 13.8 Å². The molecule has 1 aliphatic carbocycles. The predicted octanol–water partition coefficient (Wildman–Crippen LogP) is 4.31. The number of carbonyl (C=O) groups is 2. The molecule has 9 heteroatoms. The first-order valence-electron chi connectivity index (χ1n) is 11.9. The molecule has 0 radical (unpaired) electrons. The smallest absolute Gasteiger partial charge is 0.244 e. The number of rotatable bonds is 9. The summed E-state index contributed by atoms with van der Waals surface area (Å²) in [5, 5.41) is 3.07. The zero-order valence-corrected chi connectivity index (χ0v) is 23.2. The zero-order valence-electron chi connectivity index (χ0n) is 20.8. The van der Waals surface area contributed by atoms with Crippen molar-refractivity contribution in [2.45, 2.75) is 65.1 Å². The largest absolute Gasteiger partial charge is 0.352 e. The van der Waals surface area contributed by atoms with Crippen LogP contribution in [-0.2, 0) is 26.2 Å². The van der Waals surface area contributed by atoms with Crippen molar-refractivity contribution in [3.63, 3.8) is 0 Å². The summed E-state index contributed by atoms with van der Waals surface area (Å²) in [4.78, 5) is 28.2. The number of benzene rings is 2. The van der Waals surface area contributed by atoms with Crippen LogP contribution in [0.1, 0.15) is 49.3 Å². The van der Waals surface area contributed by atoms with Crippen LogP contribution in [0.2, 0.25) is 0 Å². The number of hydrogen-bond acceptors (Lipinski definition) is 4. The van der Waals surface area contributed by atoms with Crippen molar-refractivity contribution in [1.29, 1.82) is 0 Å². The van der Waals surface area contributed by atoms with E-state index in [9.17, 15) is 18.0 Å². The number of hydrogen-bond donors (Lipinski definition) is 1. The Morgan fingerprint density at radius 3 is 2.40 bits per heavy atom. The van der Waals surface area contributed by atoms with Gasteiger partial charge in [0, 0.05) is 17.1 Å². The molecule has 0 saturated heterocycles. The van der Waals surface area contributed by atoms with Gasteiger partial charge in [0.05, 0.1) is 11.9 Å². The van der Waals surface area contributed by atoms with Crippen LogP contribution < -0.4 is 9.62 Å². The Balaban J connectivity index is 1.91. The molecular formula is C26H34BrN3O4S. The van der Waals surface area contributed by atoms with Crippen LogP contribution in [0.15, 0.2) is 46.9 Å². The second kappa shape index (κ2) is 11.6. The summed E-state index contributed by atoms with van der Waals surface area (Å²) in [7, 11) is -3.75. The van der Waals surface area contributed by atoms with Gasteiger partial charge in [-0.15, -0.1) is 0 Å². The summed E-state index contributed by atoms with van der Waals surface area (Å²) in [5.74, 6) is -0.664. The number of halogens is 1. The molecule has 3 rings (SSSR count). The fourth-order valence-corrected chi connectivity index (χ4v) is 5.75. The summed E-state index contributed by atoms with van der Waals surface area (Å²) >= 11 is 3.45. The van der Waals surface area contributed by atoms with E-state index >= 15 is 0 Å². The summed E-state index contributed by atoms with van der Waals surface area (Å²) in [5.41, 5.74) is 3.02. The summed E-state index contributed by atoms with van der Waals surface area (Å²) in [6.07, 6.45) is 5.13. The first-order valence-corrected chi connectivity index (χ1v) is 14.5. The molecule has 0 bridgehead atoms. The Labute approximate surface area is 217 Å². The van der Waals surface area contributed by atoms with Crippen molar-refractivity contribution in [2.24, 2.45) is 0 Å². The van der Waals surface area contributed by atoms with Gasteiger partial charge in [-0.25, -0.2) is 8.42 Å². The van der Waals surface area contributed by atoms with Gasteiger partial charge >= 0.3 is 0 Å². The van der Waals surface area contributed by atoms with Crippen LogP contribution in [0.25, 0.3) is 0 Å². The maximum Gasteiger partial charge on any atom is 0.244 e. The van der Waals surface area contributed by atoms with Gasteiger partial charge in [-0.3, -0.25) is 13.9 Å². The molecule has 2 aromatic carbocycles. The SMILES string of the molecule is Cc1cccc(N(CC(=O)N(Cc2cccc(Br)c2)[C@H](C)C(=O)NC2CCCC2)S(C)(=O)=O)c1C. The number of nitrogens with one attached hydrogen (secondary N) is 1. The van der Waals surface area contributed by atoms with Crippen molar-refractivity contribution in [3.8, 4) is 0 Å². The molecule has 35 heavy (non-hydrogen) atoms. The first kappa shape index (κ1) is 27.2. The van der Waals surface area contributed by atoms with Crippen molar-refractivity contribution in [3.05, 3.63) is 63.6 Å². The van der Waals surface area contributed by atoms with E-state index in [-0.39, 0.29) is 18.5 Å². The molecule has 1 saturated carbocycles. The average molecular weight is 565 g/mol. The second-order valence-electron chi connectivity index (χ2n) is 9.31. The lowest BCUT2D eigenvalue weighted by molar-refractivity contribution is -0.139. The van der Waals surface area contributed by atoms with Crippen molar-refractivity contribution in [1.82, 2.24) is 10.2 Å². The normalized spacial score (nSPS) is 15.0. The molecule has 0 heterocycles. The number of carbonyl (C=O) groups excluding carboxylic acids is 2. The topological polar surface area (TPSA) is 86.8 Å². The standard InChI is InChI=1S/C26H34BrN3O4S/c1-18-9-7-14-24(19(18)2)30(35(4,33)34)17-25(31)29(16-21-10-8-11-22(27)15-21)20(3)26(32)28-23-12-5-6-13-23/h7-11,14-15,20,23H,5-6,12-13,16-17H2,1-4H3,(H,28,32)/t20-/m1/s1. The van der Waals surface area contributed by atoms with E-state index in [0.29, 0.717) is 5.69 Å². The highest BCUT2D eigenvalue weighted by molar-refractivity contribution is 9.10. The molecule has 1 atom stereocenters. The molecule has 1 fully saturated rings. The maximum absolute atomic E-state index is 13.7. The number of anilines is 1. The van der Waals surface area contributed by atoms with Gasteiger partial charge in [0.1, 0.15) is 12.6 Å². The molecule has 2 aromatic rings. The maximum atomic E-state index is 13.7. The zero-order chi connectivity index (χ0) is 25.8. The third-order valence-corrected chi connectivity index (χ3v) is 8.25. The molecule has 0 spiro atoms. The molecular weight excluding hydrogens is 530 g/mol. The lowest BCUT2D eigenvalue weighted by Gasteiger charge is -2.32. The minimum Gasteiger partial charge on any atom is -0.352 e. The van der Waals surface area contributed by atoms with Crippen molar-refractivity contribution >= 4 is 43.5 Å². The van der Waals surface area contributed by atoms with Gasteiger partial charge in [-0.2, -0.15) is 0 Å². The van der Waals surface area contributed by atoms with E-state index in [1.165, 1.54) is 4.90 Å². The molecule has 0 aromatic heterocycles. The molecule has 190 valence electrons. The van der Waals surface area contributed by atoms with Gasteiger partial charge in [-0.1, -0.05) is 53.0 Å². The van der Waals surface area contributed by atoms with Crippen LogP contribution in [0.5, 0.6) is 0 Å². The summed E-state index contributed by atoms with van der Waals surface area (Å²) < 4.78 is 27.5. The Morgan fingerprint density at radius 1 is 1.11 bits per heavy atom. The molecule has 0 aliphatic heterocycles. The number of amides is 2. The van der Waals surface area contributed by atoms with Gasteiger partial charge in [0.2, 0.25) is 21.8 Å². The highest BCUT2D eigenvalue weighted by Gasteiger charge is 2.31. The number of aryl methyl sites for hydroxylation is 1. The Hall–Kier alpha value is -2.39. The fraction of sp³-hybridized carbons (Fsp3) is 0.462. The average Bonchev–Trinajstić information content (AvgIpc) is 3.29. The van der Waals surface area contributed by atoms with Gasteiger partial charge < -0.3 is 10.2 Å². The molecule has 7 nitrogen and oxygen atoms in total. The Morgan fingerprint density at radius 2 is 1.77 bits per heavy atom. The Bertz CT molecular complexity index is 1180. The quantitative estimate of drug-likeness (QED) is 0.492. The number of sulfonamides is 1. The van der Waals surface area contributed by atoms with Gasteiger partial charge in [-0.05, 0) is 68.5 Å². The van der Waals surface area contributed by atoms with E-state index < -0.39 is 28.5 Å². The van der Waals surface area contributed by atoms with E-state index in [4.69, 9.17) is 0 Å². The van der Waals surface area contributed by atoms with E-state index in [1.54, 1.807) is 19.1 Å². The highest BCUT2D eigenvalue weighted by atomic mass is 79.9. The molecule has 0 unspecified atom stereocenters. The van der Waals surface area contributed by atoms with Crippen molar-refractivity contribution in [2.75, 3.05) is 17.1 Å². The fourth-order valence-electron chi connectivity index (χ4n) is 4.41. The summed E-state index contributed by atoms with van der Waals surface area (Å²) in [6, 6.07) is 12.3. The van der Waals surface area contributed by atoms with Crippen LogP contribution in [0.4, 0.5) is 5.69 Å². The van der Waals surface area contributed by atoms with Gasteiger partial charge in [0.15, 0.2) is 0 Å². The third-order valence-electron chi connectivity index (χ3n) is 6.63. The Kier molecular flexibility index (Phi) is 8.99. The minimum absolute atomic E-state index is 0.121. The molecule has 1 N–H and O–H groups in total. The van der Waals surface area contributed by atoms with Crippen LogP contribution in [0.3, 0.4) is 0 Å². The lowest BCUT2D eigenvalue weighted by atomic mass is 10.1. The monoisotopic (exact) mass is 563 g/mol. The van der Waals surface area contributed by atoms with Crippen LogP contribution >= 0.6 is 15.9 Å². The minimum atomic E-state index is -3.75. The van der Waals surface area contributed by atoms with Crippen molar-refractivity contribution < 1.29 is 18.0 Å². The summed E-state index contributed by atoms with van der Waals surface area (Å²) in [6.45, 7) is 5.23. The van der Waals surface area contributed by atoms with Gasteiger partial charge in [0.25, 0.3) is 0 Å². The van der Waals surface area contributed by atoms with Crippen LogP contribution in [-0.4, -0.2) is 50.0 Å². The molecule has 2 amide bonds.